The maximum Gasteiger partial charge on any atom is 0.217 e. The molecule has 1 N–H and O–H groups in total. The number of nitrogens with zero attached hydrogens (tertiary/aromatic N) is 1. The van der Waals surface area contributed by atoms with Crippen LogP contribution in [0.3, 0.4) is 0 Å². The summed E-state index contributed by atoms with van der Waals surface area (Å²) in [4.78, 5) is 4.21. The van der Waals surface area contributed by atoms with E-state index >= 15 is 0 Å². The summed E-state index contributed by atoms with van der Waals surface area (Å²) in [7, 11) is 1.59. The van der Waals surface area contributed by atoms with E-state index in [2.05, 4.69) is 10.3 Å². The van der Waals surface area contributed by atoms with Gasteiger partial charge in [-0.1, -0.05) is 24.6 Å². The SMILES string of the molecule is CCNC(Cc1cc(F)ccc1Cl)c1cccnc1OC. The molecule has 1 unspecified atom stereocenters. The molecule has 1 heterocycles. The van der Waals surface area contributed by atoms with E-state index in [0.29, 0.717) is 17.3 Å². The number of hydrogen-bond acceptors (Lipinski definition) is 3. The van der Waals surface area contributed by atoms with Gasteiger partial charge in [-0.05, 0) is 42.8 Å². The van der Waals surface area contributed by atoms with Crippen molar-refractivity contribution in [1.82, 2.24) is 10.3 Å². The zero-order valence-electron chi connectivity index (χ0n) is 12.1. The molecule has 1 atom stereocenters. The van der Waals surface area contributed by atoms with Crippen LogP contribution in [-0.4, -0.2) is 18.6 Å². The summed E-state index contributed by atoms with van der Waals surface area (Å²) < 4.78 is 18.7. The highest BCUT2D eigenvalue weighted by atomic mass is 35.5. The molecule has 0 spiro atoms. The Morgan fingerprint density at radius 2 is 2.19 bits per heavy atom. The minimum atomic E-state index is -0.289. The lowest BCUT2D eigenvalue weighted by molar-refractivity contribution is 0.382. The van der Waals surface area contributed by atoms with Crippen molar-refractivity contribution in [3.05, 3.63) is 58.5 Å². The van der Waals surface area contributed by atoms with Gasteiger partial charge >= 0.3 is 0 Å². The van der Waals surface area contributed by atoms with E-state index in [9.17, 15) is 4.39 Å². The molecule has 0 amide bonds. The maximum atomic E-state index is 13.4. The van der Waals surface area contributed by atoms with Crippen LogP contribution in [0, 0.1) is 5.82 Å². The minimum absolute atomic E-state index is 0.0436. The molecule has 1 aromatic heterocycles. The molecule has 1 aromatic carbocycles. The predicted molar refractivity (Wildman–Crippen MR) is 82.3 cm³/mol. The topological polar surface area (TPSA) is 34.2 Å². The van der Waals surface area contributed by atoms with Crippen molar-refractivity contribution in [3.63, 3.8) is 0 Å². The van der Waals surface area contributed by atoms with Gasteiger partial charge in [0, 0.05) is 22.8 Å². The molecule has 5 heteroatoms. The molecule has 0 saturated carbocycles. The van der Waals surface area contributed by atoms with Gasteiger partial charge < -0.3 is 10.1 Å². The van der Waals surface area contributed by atoms with Crippen LogP contribution >= 0.6 is 11.6 Å². The lowest BCUT2D eigenvalue weighted by Gasteiger charge is -2.20. The fraction of sp³-hybridized carbons (Fsp3) is 0.312. The number of halogens is 2. The number of pyridine rings is 1. The molecule has 0 aliphatic rings. The Kier molecular flexibility index (Phi) is 5.53. The highest BCUT2D eigenvalue weighted by Gasteiger charge is 2.18. The molecule has 21 heavy (non-hydrogen) atoms. The maximum absolute atomic E-state index is 13.4. The minimum Gasteiger partial charge on any atom is -0.481 e. The van der Waals surface area contributed by atoms with Gasteiger partial charge in [-0.2, -0.15) is 0 Å². The predicted octanol–water partition coefficient (Wildman–Crippen LogP) is 3.78. The highest BCUT2D eigenvalue weighted by molar-refractivity contribution is 6.31. The van der Waals surface area contributed by atoms with E-state index in [1.54, 1.807) is 19.4 Å². The molecule has 0 aliphatic carbocycles. The lowest BCUT2D eigenvalue weighted by Crippen LogP contribution is -2.24. The molecule has 3 nitrogen and oxygen atoms in total. The summed E-state index contributed by atoms with van der Waals surface area (Å²) in [5.41, 5.74) is 1.69. The van der Waals surface area contributed by atoms with Crippen molar-refractivity contribution in [3.8, 4) is 5.88 Å². The molecule has 0 aliphatic heterocycles. The number of methoxy groups -OCH3 is 1. The van der Waals surface area contributed by atoms with Crippen LogP contribution in [0.25, 0.3) is 0 Å². The first-order chi connectivity index (χ1) is 10.2. The Morgan fingerprint density at radius 1 is 1.38 bits per heavy atom. The first kappa shape index (κ1) is 15.7. The summed E-state index contributed by atoms with van der Waals surface area (Å²) in [6, 6.07) is 8.17. The first-order valence-corrected chi connectivity index (χ1v) is 7.19. The van der Waals surface area contributed by atoms with Crippen LogP contribution in [0.1, 0.15) is 24.1 Å². The number of aromatic nitrogens is 1. The molecular formula is C16H18ClFN2O. The Balaban J connectivity index is 2.33. The zero-order chi connectivity index (χ0) is 15.2. The van der Waals surface area contributed by atoms with Gasteiger partial charge in [-0.15, -0.1) is 0 Å². The molecule has 2 rings (SSSR count). The molecular weight excluding hydrogens is 291 g/mol. The van der Waals surface area contributed by atoms with Gasteiger partial charge in [0.1, 0.15) is 5.82 Å². The third kappa shape index (κ3) is 3.93. The Morgan fingerprint density at radius 3 is 2.90 bits per heavy atom. The quantitative estimate of drug-likeness (QED) is 0.882. The van der Waals surface area contributed by atoms with Gasteiger partial charge in [0.15, 0.2) is 0 Å². The van der Waals surface area contributed by atoms with Crippen molar-refractivity contribution < 1.29 is 9.13 Å². The highest BCUT2D eigenvalue weighted by Crippen LogP contribution is 2.28. The van der Waals surface area contributed by atoms with Crippen LogP contribution in [0.4, 0.5) is 4.39 Å². The summed E-state index contributed by atoms with van der Waals surface area (Å²) in [6.07, 6.45) is 2.24. The molecule has 0 fully saturated rings. The van der Waals surface area contributed by atoms with Gasteiger partial charge in [-0.25, -0.2) is 9.37 Å². The van der Waals surface area contributed by atoms with Crippen LogP contribution < -0.4 is 10.1 Å². The average Bonchev–Trinajstić information content (AvgIpc) is 2.50. The largest absolute Gasteiger partial charge is 0.481 e. The first-order valence-electron chi connectivity index (χ1n) is 6.82. The molecule has 2 aromatic rings. The second kappa shape index (κ2) is 7.38. The van der Waals surface area contributed by atoms with Crippen LogP contribution in [0.2, 0.25) is 5.02 Å². The number of hydrogen-bond donors (Lipinski definition) is 1. The van der Waals surface area contributed by atoms with Crippen molar-refractivity contribution in [2.45, 2.75) is 19.4 Å². The normalized spacial score (nSPS) is 12.2. The molecule has 112 valence electrons. The van der Waals surface area contributed by atoms with Gasteiger partial charge in [0.2, 0.25) is 5.88 Å². The van der Waals surface area contributed by atoms with E-state index < -0.39 is 0 Å². The standard InChI is InChI=1S/C16H18ClFN2O/c1-3-19-15(13-5-4-8-20-16(13)21-2)10-11-9-12(18)6-7-14(11)17/h4-9,15,19H,3,10H2,1-2H3. The van der Waals surface area contributed by atoms with E-state index in [1.165, 1.54) is 12.1 Å². The van der Waals surface area contributed by atoms with E-state index in [-0.39, 0.29) is 11.9 Å². The molecule has 0 radical (unpaired) electrons. The van der Waals surface area contributed by atoms with Gasteiger partial charge in [0.05, 0.1) is 7.11 Å². The van der Waals surface area contributed by atoms with Crippen LogP contribution in [0.15, 0.2) is 36.5 Å². The summed E-state index contributed by atoms with van der Waals surface area (Å²) in [6.45, 7) is 2.79. The fourth-order valence-electron chi connectivity index (χ4n) is 2.30. The molecule has 0 saturated heterocycles. The number of nitrogens with one attached hydrogen (secondary N) is 1. The second-order valence-electron chi connectivity index (χ2n) is 4.65. The molecule has 0 bridgehead atoms. The fourth-order valence-corrected chi connectivity index (χ4v) is 2.49. The van der Waals surface area contributed by atoms with Crippen LogP contribution in [0.5, 0.6) is 5.88 Å². The number of benzene rings is 1. The van der Waals surface area contributed by atoms with Crippen molar-refractivity contribution in [2.75, 3.05) is 13.7 Å². The number of ether oxygens (including phenoxy) is 1. The average molecular weight is 309 g/mol. The van der Waals surface area contributed by atoms with E-state index in [4.69, 9.17) is 16.3 Å². The Labute approximate surface area is 129 Å². The zero-order valence-corrected chi connectivity index (χ0v) is 12.8. The summed E-state index contributed by atoms with van der Waals surface area (Å²) in [5.74, 6) is 0.277. The van der Waals surface area contributed by atoms with Gasteiger partial charge in [0.25, 0.3) is 0 Å². The monoisotopic (exact) mass is 308 g/mol. The second-order valence-corrected chi connectivity index (χ2v) is 5.06. The summed E-state index contributed by atoms with van der Waals surface area (Å²) in [5, 5.41) is 3.93. The Hall–Kier alpha value is -1.65. The van der Waals surface area contributed by atoms with E-state index in [0.717, 1.165) is 17.7 Å². The summed E-state index contributed by atoms with van der Waals surface area (Å²) >= 11 is 6.16. The van der Waals surface area contributed by atoms with Crippen molar-refractivity contribution >= 4 is 11.6 Å². The van der Waals surface area contributed by atoms with Crippen LogP contribution in [-0.2, 0) is 6.42 Å². The number of likely N-dealkylation sites (N-methyl/N-ethyl adjacent to an activating group) is 1. The lowest BCUT2D eigenvalue weighted by atomic mass is 9.99. The Bertz CT molecular complexity index is 607. The third-order valence-corrected chi connectivity index (χ3v) is 3.62. The number of rotatable bonds is 6. The third-order valence-electron chi connectivity index (χ3n) is 3.25. The van der Waals surface area contributed by atoms with Gasteiger partial charge in [-0.3, -0.25) is 0 Å². The van der Waals surface area contributed by atoms with Crippen molar-refractivity contribution in [1.29, 1.82) is 0 Å². The van der Waals surface area contributed by atoms with E-state index in [1.807, 2.05) is 19.1 Å². The van der Waals surface area contributed by atoms with Crippen molar-refractivity contribution in [2.24, 2.45) is 0 Å². The smallest absolute Gasteiger partial charge is 0.217 e.